The number of amides is 2. The number of nitrogens with zero attached hydrogens (tertiary/aromatic N) is 5. The van der Waals surface area contributed by atoms with Crippen LogP contribution in [0.15, 0.2) is 18.7 Å². The third-order valence-electron chi connectivity index (χ3n) is 6.33. The van der Waals surface area contributed by atoms with Crippen LogP contribution >= 0.6 is 0 Å². The minimum atomic E-state index is -0.672. The molecule has 0 N–H and O–H groups in total. The summed E-state index contributed by atoms with van der Waals surface area (Å²) in [6.07, 6.45) is 8.82. The summed E-state index contributed by atoms with van der Waals surface area (Å²) in [5.74, 6) is 1.44. The molecule has 8 nitrogen and oxygen atoms in total. The monoisotopic (exact) mass is 419 g/mol. The van der Waals surface area contributed by atoms with Crippen molar-refractivity contribution in [3.63, 3.8) is 0 Å². The van der Waals surface area contributed by atoms with Crippen molar-refractivity contribution in [2.45, 2.75) is 65.0 Å². The Hall–Kier alpha value is -2.09. The third kappa shape index (κ3) is 5.53. The van der Waals surface area contributed by atoms with E-state index in [4.69, 9.17) is 4.74 Å². The molecule has 0 aromatic carbocycles. The number of hydrogen-bond acceptors (Lipinski definition) is 5. The molecule has 30 heavy (non-hydrogen) atoms. The molecule has 2 aliphatic heterocycles. The molecule has 2 fully saturated rings. The van der Waals surface area contributed by atoms with Gasteiger partial charge < -0.3 is 14.5 Å². The lowest BCUT2D eigenvalue weighted by atomic mass is 9.79. The Balaban J connectivity index is 1.62. The van der Waals surface area contributed by atoms with Gasteiger partial charge in [0.1, 0.15) is 18.0 Å². The zero-order valence-electron chi connectivity index (χ0n) is 19.1. The van der Waals surface area contributed by atoms with Crippen LogP contribution in [0.2, 0.25) is 0 Å². The van der Waals surface area contributed by atoms with Crippen LogP contribution in [0.5, 0.6) is 0 Å². The average molecular weight is 420 g/mol. The number of likely N-dealkylation sites (tertiary alicyclic amines) is 2. The van der Waals surface area contributed by atoms with Crippen molar-refractivity contribution < 1.29 is 14.3 Å². The highest BCUT2D eigenvalue weighted by atomic mass is 16.6. The summed E-state index contributed by atoms with van der Waals surface area (Å²) in [6, 6.07) is -0.672. The van der Waals surface area contributed by atoms with E-state index in [2.05, 4.69) is 16.9 Å². The fraction of sp³-hybridized carbons (Fsp3) is 0.773. The predicted molar refractivity (Wildman–Crippen MR) is 116 cm³/mol. The smallest absolute Gasteiger partial charge is 0.430 e. The molecule has 3 rings (SSSR count). The standard InChI is InChI=1S/C22H37N5O3/c1-17(27(26-15-10-23-16-26)21(29)30-22(2,3)4)20(28)25-13-8-19(9-14-25)18-6-11-24(5)12-7-18/h10,15-19H,6-9,11-14H2,1-5H3/t17-/m1/s1. The van der Waals surface area contributed by atoms with Crippen molar-refractivity contribution >= 4 is 12.0 Å². The minimum Gasteiger partial charge on any atom is -0.442 e. The average Bonchev–Trinajstić information content (AvgIpc) is 3.21. The van der Waals surface area contributed by atoms with Crippen molar-refractivity contribution in [3.05, 3.63) is 18.7 Å². The van der Waals surface area contributed by atoms with Crippen LogP contribution in [0.4, 0.5) is 4.79 Å². The number of carbonyl (C=O) groups is 2. The summed E-state index contributed by atoms with van der Waals surface area (Å²) in [7, 11) is 2.19. The molecular weight excluding hydrogens is 382 g/mol. The molecule has 1 atom stereocenters. The van der Waals surface area contributed by atoms with Crippen molar-refractivity contribution in [1.82, 2.24) is 19.5 Å². The Kier molecular flexibility index (Phi) is 7.06. The van der Waals surface area contributed by atoms with Crippen molar-refractivity contribution in [2.24, 2.45) is 11.8 Å². The summed E-state index contributed by atoms with van der Waals surface area (Å²) in [6.45, 7) is 11.1. The van der Waals surface area contributed by atoms with E-state index in [0.717, 1.165) is 31.8 Å². The van der Waals surface area contributed by atoms with Crippen LogP contribution in [0, 0.1) is 11.8 Å². The van der Waals surface area contributed by atoms with Gasteiger partial charge in [0.15, 0.2) is 0 Å². The van der Waals surface area contributed by atoms with Gasteiger partial charge >= 0.3 is 6.09 Å². The summed E-state index contributed by atoms with van der Waals surface area (Å²) in [5, 5.41) is 1.35. The molecule has 2 aliphatic rings. The second-order valence-electron chi connectivity index (χ2n) is 9.75. The second kappa shape index (κ2) is 9.37. The molecule has 2 amide bonds. The van der Waals surface area contributed by atoms with Crippen molar-refractivity contribution in [1.29, 1.82) is 0 Å². The maximum atomic E-state index is 13.3. The van der Waals surface area contributed by atoms with E-state index in [-0.39, 0.29) is 5.91 Å². The van der Waals surface area contributed by atoms with E-state index in [1.54, 1.807) is 19.3 Å². The van der Waals surface area contributed by atoms with Crippen LogP contribution < -0.4 is 5.01 Å². The number of imidazole rings is 1. The zero-order chi connectivity index (χ0) is 21.9. The lowest BCUT2D eigenvalue weighted by Crippen LogP contribution is -2.56. The summed E-state index contributed by atoms with van der Waals surface area (Å²) < 4.78 is 7.08. The topological polar surface area (TPSA) is 70.9 Å². The Morgan fingerprint density at radius 1 is 1.07 bits per heavy atom. The first kappa shape index (κ1) is 22.6. The molecule has 3 heterocycles. The highest BCUT2D eigenvalue weighted by Crippen LogP contribution is 2.32. The van der Waals surface area contributed by atoms with Gasteiger partial charge in [0, 0.05) is 25.5 Å². The van der Waals surface area contributed by atoms with Gasteiger partial charge in [0.2, 0.25) is 5.91 Å². The SMILES string of the molecule is C[C@H](C(=O)N1CCC(C2CCN(C)CC2)CC1)N(C(=O)OC(C)(C)C)n1ccnc1. The summed E-state index contributed by atoms with van der Waals surface area (Å²) in [4.78, 5) is 34.5. The fourth-order valence-electron chi connectivity index (χ4n) is 4.60. The van der Waals surface area contributed by atoms with E-state index in [1.807, 2.05) is 25.7 Å². The van der Waals surface area contributed by atoms with E-state index in [0.29, 0.717) is 5.92 Å². The second-order valence-corrected chi connectivity index (χ2v) is 9.75. The van der Waals surface area contributed by atoms with Crippen molar-refractivity contribution in [2.75, 3.05) is 38.2 Å². The Morgan fingerprint density at radius 2 is 1.63 bits per heavy atom. The van der Waals surface area contributed by atoms with Gasteiger partial charge in [-0.1, -0.05) is 0 Å². The predicted octanol–water partition coefficient (Wildman–Crippen LogP) is 2.73. The molecular formula is C22H37N5O3. The number of carbonyl (C=O) groups excluding carboxylic acids is 2. The van der Waals surface area contributed by atoms with Gasteiger partial charge in [0.25, 0.3) is 0 Å². The maximum absolute atomic E-state index is 13.3. The van der Waals surface area contributed by atoms with E-state index < -0.39 is 17.7 Å². The molecule has 0 aliphatic carbocycles. The first-order valence-electron chi connectivity index (χ1n) is 11.1. The minimum absolute atomic E-state index is 0.0450. The molecule has 2 saturated heterocycles. The lowest BCUT2D eigenvalue weighted by Gasteiger charge is -2.41. The van der Waals surface area contributed by atoms with Gasteiger partial charge in [-0.25, -0.2) is 19.5 Å². The van der Waals surface area contributed by atoms with E-state index in [1.165, 1.54) is 41.9 Å². The number of ether oxygens (including phenoxy) is 1. The Labute approximate surface area is 180 Å². The van der Waals surface area contributed by atoms with Crippen LogP contribution in [0.25, 0.3) is 0 Å². The van der Waals surface area contributed by atoms with Gasteiger partial charge in [-0.05, 0) is 85.4 Å². The normalized spacial score (nSPS) is 20.8. The highest BCUT2D eigenvalue weighted by molar-refractivity contribution is 5.91. The Morgan fingerprint density at radius 3 is 2.13 bits per heavy atom. The first-order chi connectivity index (χ1) is 14.2. The van der Waals surface area contributed by atoms with E-state index in [9.17, 15) is 9.59 Å². The zero-order valence-corrected chi connectivity index (χ0v) is 19.1. The molecule has 0 spiro atoms. The number of piperidine rings is 2. The molecule has 0 radical (unpaired) electrons. The van der Waals surface area contributed by atoms with Crippen LogP contribution in [0.3, 0.4) is 0 Å². The van der Waals surface area contributed by atoms with Gasteiger partial charge in [0.05, 0.1) is 0 Å². The molecule has 168 valence electrons. The largest absolute Gasteiger partial charge is 0.442 e. The quantitative estimate of drug-likeness (QED) is 0.750. The number of hydrogen-bond donors (Lipinski definition) is 0. The van der Waals surface area contributed by atoms with Crippen LogP contribution in [0.1, 0.15) is 53.4 Å². The molecule has 1 aromatic heterocycles. The molecule has 0 bridgehead atoms. The summed E-state index contributed by atoms with van der Waals surface area (Å²) >= 11 is 0. The fourth-order valence-corrected chi connectivity index (χ4v) is 4.60. The number of aromatic nitrogens is 2. The molecule has 0 unspecified atom stereocenters. The summed E-state index contributed by atoms with van der Waals surface area (Å²) in [5.41, 5.74) is -0.648. The van der Waals surface area contributed by atoms with Gasteiger partial charge in [-0.2, -0.15) is 0 Å². The molecule has 1 aromatic rings. The van der Waals surface area contributed by atoms with E-state index >= 15 is 0 Å². The highest BCUT2D eigenvalue weighted by Gasteiger charge is 2.36. The molecule has 0 saturated carbocycles. The Bertz CT molecular complexity index is 699. The first-order valence-corrected chi connectivity index (χ1v) is 11.1. The number of rotatable bonds is 4. The maximum Gasteiger partial charge on any atom is 0.430 e. The van der Waals surface area contributed by atoms with Crippen LogP contribution in [-0.2, 0) is 9.53 Å². The van der Waals surface area contributed by atoms with Crippen molar-refractivity contribution in [3.8, 4) is 0 Å². The van der Waals surface area contributed by atoms with Crippen LogP contribution in [-0.4, -0.2) is 76.3 Å². The lowest BCUT2D eigenvalue weighted by molar-refractivity contribution is -0.134. The third-order valence-corrected chi connectivity index (χ3v) is 6.33. The van der Waals surface area contributed by atoms with Gasteiger partial charge in [-0.3, -0.25) is 4.79 Å². The van der Waals surface area contributed by atoms with Gasteiger partial charge in [-0.15, -0.1) is 0 Å². The molecule has 8 heteroatoms.